The molecule has 0 atom stereocenters. The quantitative estimate of drug-likeness (QED) is 0.820. The van der Waals surface area contributed by atoms with Crippen LogP contribution in [0.25, 0.3) is 0 Å². The Morgan fingerprint density at radius 3 is 2.82 bits per heavy atom. The van der Waals surface area contributed by atoms with Crippen molar-refractivity contribution in [2.24, 2.45) is 0 Å². The van der Waals surface area contributed by atoms with E-state index in [9.17, 15) is 8.42 Å². The maximum absolute atomic E-state index is 11.4. The SMILES string of the molecule is O=S1(=O)CCCN(Cc2ccncc2)CCN1. The lowest BCUT2D eigenvalue weighted by molar-refractivity contribution is 0.267. The molecule has 0 unspecified atom stereocenters. The van der Waals surface area contributed by atoms with Gasteiger partial charge in [0, 0.05) is 32.0 Å². The van der Waals surface area contributed by atoms with Crippen molar-refractivity contribution >= 4 is 10.0 Å². The van der Waals surface area contributed by atoms with Crippen LogP contribution in [0.1, 0.15) is 12.0 Å². The molecule has 1 saturated heterocycles. The second kappa shape index (κ2) is 5.57. The average molecular weight is 255 g/mol. The van der Waals surface area contributed by atoms with Gasteiger partial charge in [-0.1, -0.05) is 0 Å². The van der Waals surface area contributed by atoms with E-state index in [1.165, 1.54) is 5.56 Å². The van der Waals surface area contributed by atoms with E-state index in [0.29, 0.717) is 13.0 Å². The predicted molar refractivity (Wildman–Crippen MR) is 65.9 cm³/mol. The highest BCUT2D eigenvalue weighted by molar-refractivity contribution is 7.89. The maximum Gasteiger partial charge on any atom is 0.211 e. The van der Waals surface area contributed by atoms with Gasteiger partial charge in [-0.2, -0.15) is 0 Å². The zero-order chi connectivity index (χ0) is 12.1. The van der Waals surface area contributed by atoms with Gasteiger partial charge in [0.05, 0.1) is 5.75 Å². The summed E-state index contributed by atoms with van der Waals surface area (Å²) in [4.78, 5) is 6.24. The molecule has 94 valence electrons. The summed E-state index contributed by atoms with van der Waals surface area (Å²) in [5.74, 6) is 0.222. The third-order valence-electron chi connectivity index (χ3n) is 2.79. The van der Waals surface area contributed by atoms with E-state index in [1.54, 1.807) is 12.4 Å². The highest BCUT2D eigenvalue weighted by atomic mass is 32.2. The van der Waals surface area contributed by atoms with Gasteiger partial charge in [-0.15, -0.1) is 0 Å². The van der Waals surface area contributed by atoms with Crippen molar-refractivity contribution < 1.29 is 8.42 Å². The molecule has 0 amide bonds. The van der Waals surface area contributed by atoms with Crippen LogP contribution in [-0.2, 0) is 16.6 Å². The molecule has 1 aliphatic heterocycles. The van der Waals surface area contributed by atoms with Gasteiger partial charge >= 0.3 is 0 Å². The molecular weight excluding hydrogens is 238 g/mol. The molecule has 6 heteroatoms. The summed E-state index contributed by atoms with van der Waals surface area (Å²) in [7, 11) is -3.03. The van der Waals surface area contributed by atoms with Crippen molar-refractivity contribution in [2.75, 3.05) is 25.4 Å². The first-order valence-electron chi connectivity index (χ1n) is 5.74. The van der Waals surface area contributed by atoms with E-state index in [-0.39, 0.29) is 5.75 Å². The lowest BCUT2D eigenvalue weighted by Gasteiger charge is -2.24. The Hall–Kier alpha value is -0.980. The lowest BCUT2D eigenvalue weighted by Crippen LogP contribution is -2.40. The molecule has 0 spiro atoms. The summed E-state index contributed by atoms with van der Waals surface area (Å²) in [5, 5.41) is 0. The fourth-order valence-electron chi connectivity index (χ4n) is 1.93. The first-order valence-corrected chi connectivity index (χ1v) is 7.39. The molecule has 5 nitrogen and oxygen atoms in total. The molecule has 0 aliphatic carbocycles. The van der Waals surface area contributed by atoms with Crippen LogP contribution in [0.15, 0.2) is 24.5 Å². The molecule has 1 aromatic heterocycles. The zero-order valence-corrected chi connectivity index (χ0v) is 10.5. The van der Waals surface area contributed by atoms with Crippen molar-refractivity contribution in [1.82, 2.24) is 14.6 Å². The van der Waals surface area contributed by atoms with E-state index in [2.05, 4.69) is 14.6 Å². The van der Waals surface area contributed by atoms with Gasteiger partial charge in [0.1, 0.15) is 0 Å². The smallest absolute Gasteiger partial charge is 0.211 e. The second-order valence-corrected chi connectivity index (χ2v) is 6.12. The fraction of sp³-hybridized carbons (Fsp3) is 0.545. The van der Waals surface area contributed by atoms with Crippen LogP contribution in [-0.4, -0.2) is 43.7 Å². The third kappa shape index (κ3) is 4.07. The van der Waals surface area contributed by atoms with Gasteiger partial charge in [-0.05, 0) is 30.7 Å². The monoisotopic (exact) mass is 255 g/mol. The molecule has 1 aromatic rings. The van der Waals surface area contributed by atoms with Gasteiger partial charge in [0.2, 0.25) is 10.0 Å². The van der Waals surface area contributed by atoms with Crippen LogP contribution in [0, 0.1) is 0 Å². The van der Waals surface area contributed by atoms with Crippen LogP contribution < -0.4 is 4.72 Å². The summed E-state index contributed by atoms with van der Waals surface area (Å²) in [6.45, 7) is 2.92. The largest absolute Gasteiger partial charge is 0.298 e. The van der Waals surface area contributed by atoms with Crippen LogP contribution in [0.4, 0.5) is 0 Å². The van der Waals surface area contributed by atoms with Crippen molar-refractivity contribution in [2.45, 2.75) is 13.0 Å². The number of pyridine rings is 1. The van der Waals surface area contributed by atoms with E-state index < -0.39 is 10.0 Å². The standard InChI is InChI=1S/C11H17N3O2S/c15-17(16)9-1-7-14(8-6-13-17)10-11-2-4-12-5-3-11/h2-5,13H,1,6-10H2. The minimum atomic E-state index is -3.03. The first kappa shape index (κ1) is 12.5. The molecule has 2 heterocycles. The Morgan fingerprint density at radius 2 is 2.06 bits per heavy atom. The Morgan fingerprint density at radius 1 is 1.29 bits per heavy atom. The zero-order valence-electron chi connectivity index (χ0n) is 9.67. The molecule has 0 bridgehead atoms. The van der Waals surface area contributed by atoms with E-state index in [1.807, 2.05) is 12.1 Å². The van der Waals surface area contributed by atoms with Crippen LogP contribution in [0.3, 0.4) is 0 Å². The molecule has 1 aliphatic rings. The summed E-state index contributed by atoms with van der Waals surface area (Å²) < 4.78 is 25.3. The molecular formula is C11H17N3O2S. The average Bonchev–Trinajstić information content (AvgIpc) is 2.27. The van der Waals surface area contributed by atoms with E-state index in [0.717, 1.165) is 19.6 Å². The predicted octanol–water partition coefficient (Wildman–Crippen LogP) is 0.207. The van der Waals surface area contributed by atoms with Gasteiger partial charge in [0.25, 0.3) is 0 Å². The van der Waals surface area contributed by atoms with Gasteiger partial charge < -0.3 is 0 Å². The van der Waals surface area contributed by atoms with E-state index >= 15 is 0 Å². The highest BCUT2D eigenvalue weighted by Gasteiger charge is 2.15. The normalized spacial score (nSPS) is 21.6. The van der Waals surface area contributed by atoms with Gasteiger partial charge in [-0.25, -0.2) is 13.1 Å². The summed E-state index contributed by atoms with van der Waals surface area (Å²) in [6, 6.07) is 3.98. The third-order valence-corrected chi connectivity index (χ3v) is 4.26. The van der Waals surface area contributed by atoms with Gasteiger partial charge in [-0.3, -0.25) is 9.88 Å². The lowest BCUT2D eigenvalue weighted by atomic mass is 10.2. The molecule has 0 aromatic carbocycles. The van der Waals surface area contributed by atoms with Crippen LogP contribution >= 0.6 is 0 Å². The Bertz CT molecular complexity index is 431. The second-order valence-electron chi connectivity index (χ2n) is 4.20. The number of hydrogen-bond donors (Lipinski definition) is 1. The molecule has 1 fully saturated rings. The summed E-state index contributed by atoms with van der Waals surface area (Å²) in [6.07, 6.45) is 4.24. The maximum atomic E-state index is 11.4. The van der Waals surface area contributed by atoms with Crippen molar-refractivity contribution in [3.8, 4) is 0 Å². The molecule has 1 N–H and O–H groups in total. The number of sulfonamides is 1. The summed E-state index contributed by atoms with van der Waals surface area (Å²) in [5.41, 5.74) is 1.21. The van der Waals surface area contributed by atoms with Crippen molar-refractivity contribution in [3.05, 3.63) is 30.1 Å². The Kier molecular flexibility index (Phi) is 4.09. The first-order chi connectivity index (χ1) is 8.16. The fourth-order valence-corrected chi connectivity index (χ4v) is 2.98. The molecule has 0 saturated carbocycles. The molecule has 0 radical (unpaired) electrons. The highest BCUT2D eigenvalue weighted by Crippen LogP contribution is 2.06. The Balaban J connectivity index is 1.91. The molecule has 2 rings (SSSR count). The molecule has 17 heavy (non-hydrogen) atoms. The topological polar surface area (TPSA) is 62.3 Å². The van der Waals surface area contributed by atoms with Gasteiger partial charge in [0.15, 0.2) is 0 Å². The minimum Gasteiger partial charge on any atom is -0.298 e. The van der Waals surface area contributed by atoms with Crippen molar-refractivity contribution in [3.63, 3.8) is 0 Å². The summed E-state index contributed by atoms with van der Waals surface area (Å²) >= 11 is 0. The number of hydrogen-bond acceptors (Lipinski definition) is 4. The minimum absolute atomic E-state index is 0.222. The number of aromatic nitrogens is 1. The van der Waals surface area contributed by atoms with Crippen LogP contribution in [0.5, 0.6) is 0 Å². The number of rotatable bonds is 2. The number of nitrogens with zero attached hydrogens (tertiary/aromatic N) is 2. The Labute approximate surface area is 102 Å². The van der Waals surface area contributed by atoms with E-state index in [4.69, 9.17) is 0 Å². The van der Waals surface area contributed by atoms with Crippen LogP contribution in [0.2, 0.25) is 0 Å². The van der Waals surface area contributed by atoms with Crippen molar-refractivity contribution in [1.29, 1.82) is 0 Å². The number of nitrogens with one attached hydrogen (secondary N) is 1.